The van der Waals surface area contributed by atoms with Crippen molar-refractivity contribution in [2.45, 2.75) is 23.2 Å². The van der Waals surface area contributed by atoms with E-state index in [4.69, 9.17) is 44.3 Å². The maximum Gasteiger partial charge on any atom is 0.227 e. The minimum absolute atomic E-state index is 0.0657. The van der Waals surface area contributed by atoms with Gasteiger partial charge in [-0.15, -0.1) is 18.2 Å². The molecule has 2 rings (SSSR count). The van der Waals surface area contributed by atoms with Crippen LogP contribution in [0.25, 0.3) is 0 Å². The van der Waals surface area contributed by atoms with Crippen LogP contribution in [0.3, 0.4) is 0 Å². The molecule has 1 fully saturated rings. The highest BCUT2D eigenvalue weighted by Gasteiger charge is 2.63. The molecule has 1 N–H and O–H groups in total. The third-order valence-electron chi connectivity index (χ3n) is 2.80. The van der Waals surface area contributed by atoms with Crippen LogP contribution in [-0.2, 0) is 9.47 Å². The number of halogens is 3. The molecule has 0 unspecified atom stereocenters. The molecule has 0 aromatic heterocycles. The van der Waals surface area contributed by atoms with Crippen molar-refractivity contribution in [1.29, 1.82) is 0 Å². The molecule has 0 aromatic carbocycles. The first-order valence-corrected chi connectivity index (χ1v) is 6.00. The molecule has 0 aromatic rings. The summed E-state index contributed by atoms with van der Waals surface area (Å²) >= 11 is 18.3. The van der Waals surface area contributed by atoms with Gasteiger partial charge in [-0.1, -0.05) is 29.3 Å². The maximum atomic E-state index is 10.4. The zero-order chi connectivity index (χ0) is 12.0. The molecule has 1 saturated heterocycles. The van der Waals surface area contributed by atoms with Crippen LogP contribution >= 0.6 is 34.8 Å². The van der Waals surface area contributed by atoms with Gasteiger partial charge in [0.25, 0.3) is 0 Å². The van der Waals surface area contributed by atoms with Crippen molar-refractivity contribution in [2.24, 2.45) is 0 Å². The van der Waals surface area contributed by atoms with Crippen LogP contribution in [0.2, 0.25) is 0 Å². The molecule has 6 heteroatoms. The molecule has 16 heavy (non-hydrogen) atoms. The van der Waals surface area contributed by atoms with E-state index in [1.807, 2.05) is 0 Å². The van der Waals surface area contributed by atoms with Crippen molar-refractivity contribution in [3.05, 3.63) is 22.7 Å². The molecule has 3 nitrogen and oxygen atoms in total. The molecule has 90 valence electrons. The fraction of sp³-hybridized carbons (Fsp3) is 0.600. The number of hydrogen-bond acceptors (Lipinski definition) is 3. The number of alkyl halides is 1. The topological polar surface area (TPSA) is 38.7 Å². The Bertz CT molecular complexity index is 349. The molecular formula is C10H11Cl3O3. The molecule has 1 aliphatic carbocycles. The molecule has 2 aliphatic rings. The Labute approximate surface area is 109 Å². The molecular weight excluding hydrogens is 274 g/mol. The second-order valence-electron chi connectivity index (χ2n) is 3.77. The molecule has 0 bridgehead atoms. The van der Waals surface area contributed by atoms with E-state index in [2.05, 4.69) is 6.58 Å². The fourth-order valence-corrected chi connectivity index (χ4v) is 3.24. The van der Waals surface area contributed by atoms with Crippen LogP contribution in [0.4, 0.5) is 0 Å². The van der Waals surface area contributed by atoms with Gasteiger partial charge in [0.2, 0.25) is 5.79 Å². The van der Waals surface area contributed by atoms with Crippen LogP contribution in [0.5, 0.6) is 0 Å². The molecule has 0 radical (unpaired) electrons. The van der Waals surface area contributed by atoms with E-state index in [1.54, 1.807) is 0 Å². The molecule has 0 amide bonds. The van der Waals surface area contributed by atoms with Gasteiger partial charge in [0, 0.05) is 6.42 Å². The van der Waals surface area contributed by atoms with Gasteiger partial charge in [-0.25, -0.2) is 0 Å². The average molecular weight is 286 g/mol. The van der Waals surface area contributed by atoms with Crippen molar-refractivity contribution in [2.75, 3.05) is 13.2 Å². The van der Waals surface area contributed by atoms with Gasteiger partial charge in [-0.3, -0.25) is 0 Å². The Kier molecular flexibility index (Phi) is 3.30. The molecule has 2 atom stereocenters. The van der Waals surface area contributed by atoms with Gasteiger partial charge in [0.15, 0.2) is 0 Å². The van der Waals surface area contributed by atoms with Gasteiger partial charge in [0.05, 0.1) is 23.3 Å². The first-order chi connectivity index (χ1) is 7.49. The lowest BCUT2D eigenvalue weighted by Crippen LogP contribution is -2.48. The van der Waals surface area contributed by atoms with Crippen molar-refractivity contribution in [3.63, 3.8) is 0 Å². The zero-order valence-corrected chi connectivity index (χ0v) is 10.6. The van der Waals surface area contributed by atoms with Crippen LogP contribution in [-0.4, -0.2) is 35.1 Å². The fourth-order valence-electron chi connectivity index (χ4n) is 1.99. The standard InChI is InChI=1S/C10H11Cl3O3/c1-2-3-9(14)6(11)7(12)10(8(9)13)15-4-5-16-10/h2,8,14H,1,3-5H2/t8-,9+/m1/s1. The van der Waals surface area contributed by atoms with Gasteiger partial charge in [-0.05, 0) is 0 Å². The lowest BCUT2D eigenvalue weighted by atomic mass is 9.97. The zero-order valence-electron chi connectivity index (χ0n) is 8.38. The summed E-state index contributed by atoms with van der Waals surface area (Å²) in [5.74, 6) is -1.31. The summed E-state index contributed by atoms with van der Waals surface area (Å²) < 4.78 is 10.8. The number of ether oxygens (including phenoxy) is 2. The molecule has 0 saturated carbocycles. The lowest BCUT2D eigenvalue weighted by molar-refractivity contribution is -0.137. The minimum atomic E-state index is -1.48. The molecule has 1 heterocycles. The summed E-state index contributed by atoms with van der Waals surface area (Å²) in [5.41, 5.74) is -1.48. The number of aliphatic hydroxyl groups is 1. The summed E-state index contributed by atoms with van der Waals surface area (Å²) in [4.78, 5) is 0. The van der Waals surface area contributed by atoms with E-state index in [9.17, 15) is 5.11 Å². The minimum Gasteiger partial charge on any atom is -0.382 e. The van der Waals surface area contributed by atoms with E-state index in [1.165, 1.54) is 6.08 Å². The number of hydrogen-bond donors (Lipinski definition) is 1. The van der Waals surface area contributed by atoms with E-state index in [-0.39, 0.29) is 16.5 Å². The highest BCUT2D eigenvalue weighted by molar-refractivity contribution is 6.43. The Morgan fingerprint density at radius 2 is 1.94 bits per heavy atom. The SMILES string of the molecule is C=CC[C@]1(O)C(Cl)=C(Cl)C2(OCCO2)[C@@H]1Cl. The summed E-state index contributed by atoms with van der Waals surface area (Å²) in [7, 11) is 0. The normalized spacial score (nSPS) is 37.4. The van der Waals surface area contributed by atoms with E-state index in [0.29, 0.717) is 13.2 Å². The highest BCUT2D eigenvalue weighted by Crippen LogP contribution is 2.54. The second kappa shape index (κ2) is 4.16. The summed E-state index contributed by atoms with van der Waals surface area (Å²) in [6.07, 6.45) is 1.71. The number of rotatable bonds is 2. The molecule has 1 aliphatic heterocycles. The predicted octanol–water partition coefficient (Wildman–Crippen LogP) is 2.35. The Morgan fingerprint density at radius 1 is 1.38 bits per heavy atom. The van der Waals surface area contributed by atoms with Crippen LogP contribution in [0.1, 0.15) is 6.42 Å². The lowest BCUT2D eigenvalue weighted by Gasteiger charge is -2.32. The van der Waals surface area contributed by atoms with Crippen molar-refractivity contribution < 1.29 is 14.6 Å². The van der Waals surface area contributed by atoms with Crippen molar-refractivity contribution in [3.8, 4) is 0 Å². The van der Waals surface area contributed by atoms with Crippen molar-refractivity contribution >= 4 is 34.8 Å². The van der Waals surface area contributed by atoms with E-state index in [0.717, 1.165) is 0 Å². The van der Waals surface area contributed by atoms with Gasteiger partial charge >= 0.3 is 0 Å². The summed E-state index contributed by atoms with van der Waals surface area (Å²) in [6, 6.07) is 0. The van der Waals surface area contributed by atoms with Crippen LogP contribution in [0.15, 0.2) is 22.7 Å². The quantitative estimate of drug-likeness (QED) is 0.625. The van der Waals surface area contributed by atoms with Crippen LogP contribution < -0.4 is 0 Å². The predicted molar refractivity (Wildman–Crippen MR) is 62.8 cm³/mol. The first kappa shape index (κ1) is 12.7. The van der Waals surface area contributed by atoms with Gasteiger partial charge in [-0.2, -0.15) is 0 Å². The summed E-state index contributed by atoms with van der Waals surface area (Å²) in [5, 5.41) is 9.69. The third-order valence-corrected chi connectivity index (χ3v) is 4.52. The Morgan fingerprint density at radius 3 is 2.44 bits per heavy atom. The summed E-state index contributed by atoms with van der Waals surface area (Å²) in [6.45, 7) is 4.29. The van der Waals surface area contributed by atoms with E-state index >= 15 is 0 Å². The Hall–Kier alpha value is 0.230. The smallest absolute Gasteiger partial charge is 0.227 e. The van der Waals surface area contributed by atoms with Crippen LogP contribution in [0, 0.1) is 0 Å². The first-order valence-electron chi connectivity index (χ1n) is 4.80. The Balaban J connectivity index is 2.44. The average Bonchev–Trinajstić information content (AvgIpc) is 2.79. The van der Waals surface area contributed by atoms with Gasteiger partial charge in [0.1, 0.15) is 11.0 Å². The van der Waals surface area contributed by atoms with Crippen molar-refractivity contribution in [1.82, 2.24) is 0 Å². The largest absolute Gasteiger partial charge is 0.382 e. The molecule has 1 spiro atoms. The van der Waals surface area contributed by atoms with E-state index < -0.39 is 16.8 Å². The van der Waals surface area contributed by atoms with Gasteiger partial charge < -0.3 is 14.6 Å². The third kappa shape index (κ3) is 1.47. The monoisotopic (exact) mass is 284 g/mol. The highest BCUT2D eigenvalue weighted by atomic mass is 35.5. The second-order valence-corrected chi connectivity index (χ2v) is 4.96. The maximum absolute atomic E-state index is 10.4.